The zero-order valence-corrected chi connectivity index (χ0v) is 9.79. The molecule has 5 heteroatoms. The monoisotopic (exact) mass is 213 g/mol. The van der Waals surface area contributed by atoms with E-state index in [4.69, 9.17) is 15.0 Å². The Morgan fingerprint density at radius 2 is 1.50 bits per heavy atom. The van der Waals surface area contributed by atoms with Crippen LogP contribution < -0.4 is 75.0 Å². The number of carboxylic acid groups (broad SMARTS) is 2. The third-order valence-electron chi connectivity index (χ3n) is 0. The minimum Gasteiger partial charge on any atom is -1.00 e. The first-order valence-electron chi connectivity index (χ1n) is 0.651. The third kappa shape index (κ3) is 58.9. The summed E-state index contributed by atoms with van der Waals surface area (Å²) in [4.78, 5) is 8.56. The molecule has 6 heavy (non-hydrogen) atoms. The summed E-state index contributed by atoms with van der Waals surface area (Å²) < 4.78 is 0. The van der Waals surface area contributed by atoms with Crippen LogP contribution in [0.5, 0.6) is 0 Å². The summed E-state index contributed by atoms with van der Waals surface area (Å²) in [6.45, 7) is 0. The molecule has 0 aromatic heterocycles. The minimum absolute atomic E-state index is 0. The molecular formula is CH6CsNO3. The van der Waals surface area contributed by atoms with Crippen molar-refractivity contribution < 1.29 is 85.3 Å². The summed E-state index contributed by atoms with van der Waals surface area (Å²) in [5.74, 6) is 0. The maximum absolute atomic E-state index is 8.56. The van der Waals surface area contributed by atoms with Crippen molar-refractivity contribution in [2.24, 2.45) is 0 Å². The van der Waals surface area contributed by atoms with Gasteiger partial charge >= 0.3 is 75.0 Å². The average molecular weight is 213 g/mol. The van der Waals surface area contributed by atoms with E-state index in [2.05, 4.69) is 0 Å². The Balaban J connectivity index is -0.0000000150. The van der Waals surface area contributed by atoms with Crippen molar-refractivity contribution in [3.05, 3.63) is 0 Å². The first kappa shape index (κ1) is 15.7. The fourth-order valence-electron chi connectivity index (χ4n) is 0. The van der Waals surface area contributed by atoms with Crippen LogP contribution in [0.4, 0.5) is 4.79 Å². The van der Waals surface area contributed by atoms with Crippen LogP contribution in [-0.4, -0.2) is 16.4 Å². The second-order valence-electron chi connectivity index (χ2n) is 0.283. The summed E-state index contributed by atoms with van der Waals surface area (Å²) in [5.41, 5.74) is 0. The Kier molecular flexibility index (Phi) is 25.0. The number of hydrogen-bond acceptors (Lipinski definition) is 2. The van der Waals surface area contributed by atoms with E-state index < -0.39 is 6.16 Å². The van der Waals surface area contributed by atoms with Gasteiger partial charge in [-0.05, 0) is 0 Å². The first-order valence-corrected chi connectivity index (χ1v) is 0.651. The molecule has 0 fully saturated rings. The van der Waals surface area contributed by atoms with Gasteiger partial charge in [-0.2, -0.15) is 0 Å². The van der Waals surface area contributed by atoms with Crippen LogP contribution in [-0.2, 0) is 0 Å². The van der Waals surface area contributed by atoms with Gasteiger partial charge in [0.25, 0.3) is 0 Å². The van der Waals surface area contributed by atoms with E-state index in [0.29, 0.717) is 0 Å². The predicted molar refractivity (Wildman–Crippen MR) is 16.8 cm³/mol. The van der Waals surface area contributed by atoms with Gasteiger partial charge in [-0.15, -0.1) is 0 Å². The van der Waals surface area contributed by atoms with Crippen molar-refractivity contribution in [1.29, 1.82) is 0 Å². The van der Waals surface area contributed by atoms with E-state index in [9.17, 15) is 0 Å². The maximum atomic E-state index is 8.56. The smallest absolute Gasteiger partial charge is 1.00 e. The van der Waals surface area contributed by atoms with Gasteiger partial charge in [0, 0.05) is 0 Å². The molecule has 0 amide bonds. The number of carbonyl (C=O) groups is 1. The molecule has 0 aromatic carbocycles. The van der Waals surface area contributed by atoms with Crippen LogP contribution in [0.3, 0.4) is 0 Å². The Morgan fingerprint density at radius 1 is 1.50 bits per heavy atom. The van der Waals surface area contributed by atoms with Gasteiger partial charge in [-0.1, -0.05) is 0 Å². The average Bonchev–Trinajstić information content (AvgIpc) is 0.811. The fraction of sp³-hybridized carbons (Fsp3) is 0. The predicted octanol–water partition coefficient (Wildman–Crippen LogP) is -2.50. The largest absolute Gasteiger partial charge is 1.00 e. The molecule has 0 aliphatic carbocycles. The molecule has 0 saturated heterocycles. The zero-order chi connectivity index (χ0) is 3.58. The van der Waals surface area contributed by atoms with E-state index in [1.54, 1.807) is 0 Å². The van der Waals surface area contributed by atoms with Gasteiger partial charge in [-0.3, -0.25) is 0 Å². The van der Waals surface area contributed by atoms with Crippen LogP contribution in [0.2, 0.25) is 0 Å². The molecule has 4 nitrogen and oxygen atoms in total. The van der Waals surface area contributed by atoms with Crippen molar-refractivity contribution in [1.82, 2.24) is 6.15 Å². The zero-order valence-electron chi connectivity index (χ0n) is 4.51. The molecule has 0 aliphatic rings. The molecule has 0 saturated carbocycles. The Morgan fingerprint density at radius 3 is 1.50 bits per heavy atom. The summed E-state index contributed by atoms with van der Waals surface area (Å²) in [6, 6.07) is 0. The molecule has 0 spiro atoms. The standard InChI is InChI=1S/CH2O3.Cs.H3N.H/c2-1(3)4;;;/h(H2,2,3,4);;1H3;/q;+1;;-1. The number of rotatable bonds is 0. The van der Waals surface area contributed by atoms with E-state index >= 15 is 0 Å². The topological polar surface area (TPSA) is 92.5 Å². The van der Waals surface area contributed by atoms with Crippen molar-refractivity contribution in [3.63, 3.8) is 0 Å². The van der Waals surface area contributed by atoms with Crippen LogP contribution in [0.25, 0.3) is 0 Å². The molecular weight excluding hydrogens is 207 g/mol. The number of hydrogen-bond donors (Lipinski definition) is 3. The van der Waals surface area contributed by atoms with Gasteiger partial charge in [-0.25, -0.2) is 4.79 Å². The van der Waals surface area contributed by atoms with Crippen LogP contribution >= 0.6 is 0 Å². The molecule has 34 valence electrons. The normalized spacial score (nSPS) is 4.00. The molecule has 0 radical (unpaired) electrons. The van der Waals surface area contributed by atoms with E-state index in [0.717, 1.165) is 0 Å². The van der Waals surface area contributed by atoms with Gasteiger partial charge in [0.15, 0.2) is 0 Å². The van der Waals surface area contributed by atoms with Crippen molar-refractivity contribution >= 4 is 6.16 Å². The molecule has 0 rings (SSSR count). The van der Waals surface area contributed by atoms with Crippen molar-refractivity contribution in [2.45, 2.75) is 0 Å². The fourth-order valence-corrected chi connectivity index (χ4v) is 0. The second-order valence-corrected chi connectivity index (χ2v) is 0.283. The molecule has 0 atom stereocenters. The molecule has 0 bridgehead atoms. The summed E-state index contributed by atoms with van der Waals surface area (Å²) in [7, 11) is 0. The van der Waals surface area contributed by atoms with E-state index in [1.807, 2.05) is 0 Å². The van der Waals surface area contributed by atoms with E-state index in [-0.39, 0.29) is 76.5 Å². The van der Waals surface area contributed by atoms with Gasteiger partial charge in [0.2, 0.25) is 0 Å². The molecule has 0 unspecified atom stereocenters. The third-order valence-corrected chi connectivity index (χ3v) is 0. The summed E-state index contributed by atoms with van der Waals surface area (Å²) >= 11 is 0. The summed E-state index contributed by atoms with van der Waals surface area (Å²) in [5, 5.41) is 13.9. The molecule has 0 heterocycles. The maximum Gasteiger partial charge on any atom is 1.00 e. The minimum atomic E-state index is -1.83. The second kappa shape index (κ2) is 9.56. The van der Waals surface area contributed by atoms with Gasteiger partial charge in [0.05, 0.1) is 0 Å². The molecule has 0 aliphatic heterocycles. The molecule has 5 N–H and O–H groups in total. The van der Waals surface area contributed by atoms with Crippen molar-refractivity contribution in [2.75, 3.05) is 0 Å². The van der Waals surface area contributed by atoms with Crippen LogP contribution in [0.1, 0.15) is 1.43 Å². The Bertz CT molecular complexity index is 37.9. The van der Waals surface area contributed by atoms with E-state index in [1.165, 1.54) is 0 Å². The first-order chi connectivity index (χ1) is 1.73. The quantitative estimate of drug-likeness (QED) is 0.414. The Labute approximate surface area is 95.4 Å². The van der Waals surface area contributed by atoms with Gasteiger partial charge < -0.3 is 17.8 Å². The SMILES string of the molecule is N.O=C(O)O.[Cs+].[H-]. The van der Waals surface area contributed by atoms with Gasteiger partial charge in [0.1, 0.15) is 0 Å². The van der Waals surface area contributed by atoms with Crippen molar-refractivity contribution in [3.8, 4) is 0 Å². The van der Waals surface area contributed by atoms with Crippen LogP contribution in [0, 0.1) is 0 Å². The summed E-state index contributed by atoms with van der Waals surface area (Å²) in [6.07, 6.45) is -1.83. The Hall–Kier alpha value is 1.28. The van der Waals surface area contributed by atoms with Crippen LogP contribution in [0.15, 0.2) is 0 Å². The molecule has 0 aromatic rings.